The highest BCUT2D eigenvalue weighted by Gasteiger charge is 2.38. The Labute approximate surface area is 231 Å². The summed E-state index contributed by atoms with van der Waals surface area (Å²) in [4.78, 5) is 0. The first-order valence-corrected chi connectivity index (χ1v) is 13.4. The van der Waals surface area contributed by atoms with Crippen LogP contribution in [-0.2, 0) is 33.0 Å². The molecule has 0 spiro atoms. The summed E-state index contributed by atoms with van der Waals surface area (Å²) in [6.07, 6.45) is -0.274. The molecule has 0 saturated carbocycles. The SMILES string of the molecule is c1ccc(COC[C@@H](COC(c2ccccc2)(c2ccccc2)c2ccccc2)OCc2ccccc2)cc1. The lowest BCUT2D eigenvalue weighted by atomic mass is 9.80. The average molecular weight is 515 g/mol. The van der Waals surface area contributed by atoms with Gasteiger partial charge in [0.2, 0.25) is 0 Å². The summed E-state index contributed by atoms with van der Waals surface area (Å²) in [6.45, 7) is 1.77. The van der Waals surface area contributed by atoms with Crippen molar-refractivity contribution in [2.75, 3.05) is 13.2 Å². The fourth-order valence-electron chi connectivity index (χ4n) is 4.80. The van der Waals surface area contributed by atoms with Gasteiger partial charge in [0.1, 0.15) is 11.7 Å². The van der Waals surface area contributed by atoms with E-state index >= 15 is 0 Å². The molecule has 5 aromatic carbocycles. The smallest absolute Gasteiger partial charge is 0.143 e. The Hall–Kier alpha value is -4.02. The van der Waals surface area contributed by atoms with Crippen LogP contribution in [0.2, 0.25) is 0 Å². The Balaban J connectivity index is 1.43. The van der Waals surface area contributed by atoms with Crippen molar-refractivity contribution in [1.82, 2.24) is 0 Å². The minimum atomic E-state index is -0.808. The molecule has 0 saturated heterocycles. The number of hydrogen-bond acceptors (Lipinski definition) is 3. The second-order valence-electron chi connectivity index (χ2n) is 9.51. The third kappa shape index (κ3) is 6.90. The normalized spacial score (nSPS) is 12.2. The molecule has 3 nitrogen and oxygen atoms in total. The number of rotatable bonds is 13. The van der Waals surface area contributed by atoms with E-state index in [0.717, 1.165) is 27.8 Å². The van der Waals surface area contributed by atoms with E-state index in [4.69, 9.17) is 14.2 Å². The maximum Gasteiger partial charge on any atom is 0.143 e. The van der Waals surface area contributed by atoms with Crippen molar-refractivity contribution in [3.05, 3.63) is 179 Å². The van der Waals surface area contributed by atoms with E-state index in [1.165, 1.54) is 0 Å². The summed E-state index contributed by atoms with van der Waals surface area (Å²) >= 11 is 0. The van der Waals surface area contributed by atoms with Crippen molar-refractivity contribution >= 4 is 0 Å². The fourth-order valence-corrected chi connectivity index (χ4v) is 4.80. The molecule has 0 N–H and O–H groups in total. The Morgan fingerprint density at radius 3 is 1.26 bits per heavy atom. The molecule has 5 rings (SSSR count). The van der Waals surface area contributed by atoms with E-state index in [9.17, 15) is 0 Å². The van der Waals surface area contributed by atoms with Crippen molar-refractivity contribution in [3.63, 3.8) is 0 Å². The first-order chi connectivity index (χ1) is 19.3. The van der Waals surface area contributed by atoms with Gasteiger partial charge in [-0.2, -0.15) is 0 Å². The van der Waals surface area contributed by atoms with E-state index in [-0.39, 0.29) is 6.10 Å². The van der Waals surface area contributed by atoms with Gasteiger partial charge >= 0.3 is 0 Å². The Morgan fingerprint density at radius 1 is 0.436 bits per heavy atom. The van der Waals surface area contributed by atoms with Crippen LogP contribution < -0.4 is 0 Å². The molecule has 39 heavy (non-hydrogen) atoms. The van der Waals surface area contributed by atoms with Gasteiger partial charge in [-0.15, -0.1) is 0 Å². The van der Waals surface area contributed by atoms with E-state index in [0.29, 0.717) is 26.4 Å². The average Bonchev–Trinajstić information content (AvgIpc) is 3.02. The number of ether oxygens (including phenoxy) is 3. The van der Waals surface area contributed by atoms with Crippen LogP contribution in [0.5, 0.6) is 0 Å². The third-order valence-electron chi connectivity index (χ3n) is 6.77. The zero-order valence-corrected chi connectivity index (χ0v) is 22.1. The van der Waals surface area contributed by atoms with Gasteiger partial charge in [0.25, 0.3) is 0 Å². The molecule has 0 aliphatic heterocycles. The topological polar surface area (TPSA) is 27.7 Å². The Bertz CT molecular complexity index is 1260. The van der Waals surface area contributed by atoms with E-state index < -0.39 is 5.60 Å². The van der Waals surface area contributed by atoms with E-state index in [1.807, 2.05) is 54.6 Å². The summed E-state index contributed by atoms with van der Waals surface area (Å²) in [5.41, 5.74) is 4.63. The molecule has 0 unspecified atom stereocenters. The molecule has 0 aliphatic carbocycles. The van der Waals surface area contributed by atoms with Crippen molar-refractivity contribution in [1.29, 1.82) is 0 Å². The predicted molar refractivity (Wildman–Crippen MR) is 156 cm³/mol. The zero-order chi connectivity index (χ0) is 26.6. The molecule has 0 aliphatic rings. The maximum absolute atomic E-state index is 7.04. The molecular weight excluding hydrogens is 480 g/mol. The highest BCUT2D eigenvalue weighted by Crippen LogP contribution is 2.40. The summed E-state index contributed by atoms with van der Waals surface area (Å²) in [7, 11) is 0. The van der Waals surface area contributed by atoms with Gasteiger partial charge in [-0.1, -0.05) is 152 Å². The predicted octanol–water partition coefficient (Wildman–Crippen LogP) is 7.80. The standard InChI is InChI=1S/C36H34O3/c1-6-16-30(17-7-1)26-37-28-35(38-27-31-18-8-2-9-19-31)29-39-36(32-20-10-3-11-21-32,33-22-12-4-13-23-33)34-24-14-5-15-25-34/h1-25,35H,26-29H2/t35-/m0/s1. The Morgan fingerprint density at radius 2 is 0.821 bits per heavy atom. The molecule has 0 heterocycles. The molecule has 0 fully saturated rings. The summed E-state index contributed by atoms with van der Waals surface area (Å²) in [6, 6.07) is 51.7. The lowest BCUT2D eigenvalue weighted by molar-refractivity contribution is -0.0987. The van der Waals surface area contributed by atoms with Gasteiger partial charge in [0.05, 0.1) is 26.4 Å². The van der Waals surface area contributed by atoms with E-state index in [1.54, 1.807) is 0 Å². The van der Waals surface area contributed by atoms with Crippen molar-refractivity contribution < 1.29 is 14.2 Å². The molecular formula is C36H34O3. The second-order valence-corrected chi connectivity index (χ2v) is 9.51. The van der Waals surface area contributed by atoms with Crippen LogP contribution in [0.3, 0.4) is 0 Å². The Kier molecular flexibility index (Phi) is 9.32. The van der Waals surface area contributed by atoms with Crippen LogP contribution in [0.1, 0.15) is 27.8 Å². The lowest BCUT2D eigenvalue weighted by Gasteiger charge is -2.37. The van der Waals surface area contributed by atoms with Gasteiger partial charge in [0.15, 0.2) is 0 Å². The molecule has 1 atom stereocenters. The molecule has 196 valence electrons. The minimum absolute atomic E-state index is 0.274. The molecule has 5 aromatic rings. The van der Waals surface area contributed by atoms with Crippen LogP contribution in [0.15, 0.2) is 152 Å². The van der Waals surface area contributed by atoms with Gasteiger partial charge < -0.3 is 14.2 Å². The monoisotopic (exact) mass is 514 g/mol. The third-order valence-corrected chi connectivity index (χ3v) is 6.77. The minimum Gasteiger partial charge on any atom is -0.374 e. The molecule has 0 bridgehead atoms. The van der Waals surface area contributed by atoms with Gasteiger partial charge in [-0.3, -0.25) is 0 Å². The lowest BCUT2D eigenvalue weighted by Crippen LogP contribution is -2.37. The highest BCUT2D eigenvalue weighted by atomic mass is 16.6. The quantitative estimate of drug-likeness (QED) is 0.150. The zero-order valence-electron chi connectivity index (χ0n) is 22.1. The molecule has 0 amide bonds. The summed E-state index contributed by atoms with van der Waals surface area (Å²) in [5, 5.41) is 0. The highest BCUT2D eigenvalue weighted by molar-refractivity contribution is 5.47. The van der Waals surface area contributed by atoms with Crippen LogP contribution in [0.25, 0.3) is 0 Å². The fraction of sp³-hybridized carbons (Fsp3) is 0.167. The molecule has 3 heteroatoms. The van der Waals surface area contributed by atoms with Crippen LogP contribution in [0.4, 0.5) is 0 Å². The van der Waals surface area contributed by atoms with Crippen LogP contribution in [0, 0.1) is 0 Å². The second kappa shape index (κ2) is 13.7. The number of hydrogen-bond donors (Lipinski definition) is 0. The first-order valence-electron chi connectivity index (χ1n) is 13.4. The maximum atomic E-state index is 7.04. The van der Waals surface area contributed by atoms with Crippen molar-refractivity contribution in [3.8, 4) is 0 Å². The van der Waals surface area contributed by atoms with Crippen LogP contribution in [-0.4, -0.2) is 19.3 Å². The molecule has 0 radical (unpaired) electrons. The van der Waals surface area contributed by atoms with Crippen molar-refractivity contribution in [2.24, 2.45) is 0 Å². The van der Waals surface area contributed by atoms with E-state index in [2.05, 4.69) is 97.1 Å². The van der Waals surface area contributed by atoms with Gasteiger partial charge in [-0.05, 0) is 27.8 Å². The van der Waals surface area contributed by atoms with Crippen LogP contribution >= 0.6 is 0 Å². The summed E-state index contributed by atoms with van der Waals surface area (Å²) < 4.78 is 19.6. The molecule has 0 aromatic heterocycles. The largest absolute Gasteiger partial charge is 0.374 e. The van der Waals surface area contributed by atoms with Gasteiger partial charge in [-0.25, -0.2) is 0 Å². The summed E-state index contributed by atoms with van der Waals surface area (Å²) in [5.74, 6) is 0. The van der Waals surface area contributed by atoms with Gasteiger partial charge in [0, 0.05) is 0 Å². The van der Waals surface area contributed by atoms with Crippen molar-refractivity contribution in [2.45, 2.75) is 24.9 Å². The first kappa shape index (κ1) is 26.6. The number of benzene rings is 5.